The van der Waals surface area contributed by atoms with E-state index in [1.54, 1.807) is 4.68 Å². The first-order chi connectivity index (χ1) is 7.08. The van der Waals surface area contributed by atoms with Crippen molar-refractivity contribution in [2.24, 2.45) is 5.92 Å². The maximum absolute atomic E-state index is 11.8. The van der Waals surface area contributed by atoms with Crippen molar-refractivity contribution in [3.63, 3.8) is 0 Å². The summed E-state index contributed by atoms with van der Waals surface area (Å²) >= 11 is 0. The van der Waals surface area contributed by atoms with Crippen LogP contribution in [0.25, 0.3) is 0 Å². The van der Waals surface area contributed by atoms with Gasteiger partial charge in [0.1, 0.15) is 0 Å². The van der Waals surface area contributed by atoms with Gasteiger partial charge in [-0.25, -0.2) is 4.68 Å². The first-order valence-electron chi connectivity index (χ1n) is 5.66. The lowest BCUT2D eigenvalue weighted by Gasteiger charge is -2.10. The summed E-state index contributed by atoms with van der Waals surface area (Å²) < 4.78 is 1.66. The van der Waals surface area contributed by atoms with Gasteiger partial charge in [0.15, 0.2) is 0 Å². The van der Waals surface area contributed by atoms with Crippen LogP contribution in [-0.4, -0.2) is 9.78 Å². The van der Waals surface area contributed by atoms with Crippen LogP contribution in [0.2, 0.25) is 0 Å². The first kappa shape index (κ1) is 10.4. The molecule has 1 aliphatic rings. The Hall–Kier alpha value is -1.12. The van der Waals surface area contributed by atoms with Gasteiger partial charge in [-0.3, -0.25) is 4.79 Å². The van der Waals surface area contributed by atoms with Crippen LogP contribution in [0.5, 0.6) is 0 Å². The first-order valence-corrected chi connectivity index (χ1v) is 5.66. The van der Waals surface area contributed by atoms with Crippen molar-refractivity contribution in [2.45, 2.75) is 46.1 Å². The van der Waals surface area contributed by atoms with Gasteiger partial charge in [-0.05, 0) is 37.7 Å². The molecule has 0 aromatic carbocycles. The molecule has 15 heavy (non-hydrogen) atoms. The quantitative estimate of drug-likeness (QED) is 0.759. The molecule has 0 amide bonds. The zero-order valence-corrected chi connectivity index (χ0v) is 9.66. The van der Waals surface area contributed by atoms with Crippen LogP contribution in [0.3, 0.4) is 0 Å². The SMILES string of the molecule is Cc1cc(C(C)C)nn(CC2CC2)c1=O. The molecular formula is C12H18N2O. The summed E-state index contributed by atoms with van der Waals surface area (Å²) in [7, 11) is 0. The van der Waals surface area contributed by atoms with Crippen molar-refractivity contribution in [1.82, 2.24) is 9.78 Å². The van der Waals surface area contributed by atoms with Crippen LogP contribution >= 0.6 is 0 Å². The molecule has 0 radical (unpaired) electrons. The van der Waals surface area contributed by atoms with E-state index in [0.29, 0.717) is 11.8 Å². The van der Waals surface area contributed by atoms with Crippen LogP contribution in [-0.2, 0) is 6.54 Å². The third-order valence-corrected chi connectivity index (χ3v) is 2.89. The van der Waals surface area contributed by atoms with E-state index in [0.717, 1.165) is 17.8 Å². The Kier molecular flexibility index (Phi) is 2.63. The molecule has 1 aromatic rings. The minimum Gasteiger partial charge on any atom is -0.268 e. The molecule has 82 valence electrons. The lowest BCUT2D eigenvalue weighted by atomic mass is 10.1. The largest absolute Gasteiger partial charge is 0.269 e. The Morgan fingerprint density at radius 1 is 1.53 bits per heavy atom. The molecule has 1 saturated carbocycles. The molecule has 0 aliphatic heterocycles. The van der Waals surface area contributed by atoms with Crippen LogP contribution in [0.15, 0.2) is 10.9 Å². The minimum absolute atomic E-state index is 0.0753. The lowest BCUT2D eigenvalue weighted by molar-refractivity contribution is 0.514. The van der Waals surface area contributed by atoms with Crippen molar-refractivity contribution >= 4 is 0 Å². The molecule has 0 atom stereocenters. The Balaban J connectivity index is 2.37. The Morgan fingerprint density at radius 3 is 2.73 bits per heavy atom. The number of aromatic nitrogens is 2. The summed E-state index contributed by atoms with van der Waals surface area (Å²) in [6.45, 7) is 6.89. The molecule has 3 nitrogen and oxygen atoms in total. The van der Waals surface area contributed by atoms with E-state index in [2.05, 4.69) is 18.9 Å². The Bertz CT molecular complexity index is 416. The highest BCUT2D eigenvalue weighted by Crippen LogP contribution is 2.29. The average Bonchev–Trinajstić information content (AvgIpc) is 2.96. The molecule has 1 fully saturated rings. The second-order valence-corrected chi connectivity index (χ2v) is 4.84. The van der Waals surface area contributed by atoms with Crippen LogP contribution < -0.4 is 5.56 Å². The number of rotatable bonds is 3. The predicted octanol–water partition coefficient (Wildman–Crippen LogP) is 2.09. The van der Waals surface area contributed by atoms with Gasteiger partial charge in [0, 0.05) is 12.1 Å². The Morgan fingerprint density at radius 2 is 2.20 bits per heavy atom. The summed E-state index contributed by atoms with van der Waals surface area (Å²) in [5.74, 6) is 1.08. The van der Waals surface area contributed by atoms with E-state index in [-0.39, 0.29) is 5.56 Å². The molecule has 0 saturated heterocycles. The number of hydrogen-bond donors (Lipinski definition) is 0. The minimum atomic E-state index is 0.0753. The molecule has 0 spiro atoms. The maximum atomic E-state index is 11.8. The van der Waals surface area contributed by atoms with Gasteiger partial charge in [0.25, 0.3) is 5.56 Å². The van der Waals surface area contributed by atoms with Crippen LogP contribution in [0, 0.1) is 12.8 Å². The van der Waals surface area contributed by atoms with Gasteiger partial charge in [-0.1, -0.05) is 13.8 Å². The van der Waals surface area contributed by atoms with Crippen LogP contribution in [0.4, 0.5) is 0 Å². The lowest BCUT2D eigenvalue weighted by Crippen LogP contribution is -2.27. The zero-order chi connectivity index (χ0) is 11.0. The molecule has 3 heteroatoms. The molecule has 0 bridgehead atoms. The molecule has 0 N–H and O–H groups in total. The summed E-state index contributed by atoms with van der Waals surface area (Å²) in [5.41, 5.74) is 1.91. The fourth-order valence-corrected chi connectivity index (χ4v) is 1.65. The monoisotopic (exact) mass is 206 g/mol. The number of hydrogen-bond acceptors (Lipinski definition) is 2. The summed E-state index contributed by atoms with van der Waals surface area (Å²) in [6, 6.07) is 1.91. The molecule has 2 rings (SSSR count). The van der Waals surface area contributed by atoms with Gasteiger partial charge < -0.3 is 0 Å². The molecule has 1 heterocycles. The standard InChI is InChI=1S/C12H18N2O/c1-8(2)11-6-9(3)12(15)14(13-11)7-10-4-5-10/h6,8,10H,4-5,7H2,1-3H3. The van der Waals surface area contributed by atoms with Gasteiger partial charge >= 0.3 is 0 Å². The van der Waals surface area contributed by atoms with Crippen molar-refractivity contribution in [1.29, 1.82) is 0 Å². The maximum Gasteiger partial charge on any atom is 0.269 e. The van der Waals surface area contributed by atoms with E-state index < -0.39 is 0 Å². The second kappa shape index (κ2) is 3.80. The van der Waals surface area contributed by atoms with Gasteiger partial charge in [-0.15, -0.1) is 0 Å². The smallest absolute Gasteiger partial charge is 0.268 e. The van der Waals surface area contributed by atoms with Gasteiger partial charge in [-0.2, -0.15) is 5.10 Å². The molecular weight excluding hydrogens is 188 g/mol. The summed E-state index contributed by atoms with van der Waals surface area (Å²) in [5, 5.41) is 4.42. The summed E-state index contributed by atoms with van der Waals surface area (Å²) in [6.07, 6.45) is 2.50. The predicted molar refractivity (Wildman–Crippen MR) is 60.0 cm³/mol. The van der Waals surface area contributed by atoms with Gasteiger partial charge in [0.2, 0.25) is 0 Å². The molecule has 1 aliphatic carbocycles. The van der Waals surface area contributed by atoms with E-state index in [1.807, 2.05) is 13.0 Å². The average molecular weight is 206 g/mol. The van der Waals surface area contributed by atoms with E-state index in [4.69, 9.17) is 0 Å². The third-order valence-electron chi connectivity index (χ3n) is 2.89. The number of aryl methyl sites for hydroxylation is 1. The van der Waals surface area contributed by atoms with E-state index in [1.165, 1.54) is 12.8 Å². The summed E-state index contributed by atoms with van der Waals surface area (Å²) in [4.78, 5) is 11.8. The van der Waals surface area contributed by atoms with Crippen molar-refractivity contribution < 1.29 is 0 Å². The van der Waals surface area contributed by atoms with Crippen molar-refractivity contribution in [3.05, 3.63) is 27.7 Å². The van der Waals surface area contributed by atoms with E-state index >= 15 is 0 Å². The van der Waals surface area contributed by atoms with Gasteiger partial charge in [0.05, 0.1) is 5.69 Å². The third kappa shape index (κ3) is 2.28. The van der Waals surface area contributed by atoms with E-state index in [9.17, 15) is 4.79 Å². The van der Waals surface area contributed by atoms with Crippen molar-refractivity contribution in [3.8, 4) is 0 Å². The molecule has 1 aromatic heterocycles. The molecule has 0 unspecified atom stereocenters. The normalized spacial score (nSPS) is 16.0. The highest BCUT2D eigenvalue weighted by atomic mass is 16.1. The topological polar surface area (TPSA) is 34.9 Å². The number of nitrogens with zero attached hydrogens (tertiary/aromatic N) is 2. The Labute approximate surface area is 90.1 Å². The fraction of sp³-hybridized carbons (Fsp3) is 0.667. The fourth-order valence-electron chi connectivity index (χ4n) is 1.65. The second-order valence-electron chi connectivity index (χ2n) is 4.84. The zero-order valence-electron chi connectivity index (χ0n) is 9.66. The van der Waals surface area contributed by atoms with Crippen LogP contribution in [0.1, 0.15) is 43.9 Å². The highest BCUT2D eigenvalue weighted by Gasteiger charge is 2.23. The highest BCUT2D eigenvalue weighted by molar-refractivity contribution is 5.14. The van der Waals surface area contributed by atoms with Crippen molar-refractivity contribution in [2.75, 3.05) is 0 Å².